The topological polar surface area (TPSA) is 20.2 Å². The smallest absolute Gasteiger partial charge is 0.149 e. The molecule has 0 amide bonds. The monoisotopic (exact) mass is 292 g/mol. The minimum atomic E-state index is -1.10. The first-order valence-corrected chi connectivity index (χ1v) is 5.98. The summed E-state index contributed by atoms with van der Waals surface area (Å²) in [4.78, 5) is 0. The molecule has 0 heterocycles. The van der Waals surface area contributed by atoms with E-state index in [0.29, 0.717) is 10.0 Å². The SMILES string of the molecule is CC(O)(c1ccc(Br)c(Cl)c1F)C1CC1. The highest BCUT2D eigenvalue weighted by Gasteiger charge is 2.43. The van der Waals surface area contributed by atoms with Gasteiger partial charge in [0.1, 0.15) is 5.82 Å². The molecule has 1 aliphatic rings. The van der Waals surface area contributed by atoms with Crippen molar-refractivity contribution in [2.45, 2.75) is 25.4 Å². The summed E-state index contributed by atoms with van der Waals surface area (Å²) in [5.74, 6) is -0.368. The Hall–Kier alpha value is -0.120. The highest BCUT2D eigenvalue weighted by molar-refractivity contribution is 9.10. The lowest BCUT2D eigenvalue weighted by Crippen LogP contribution is -2.25. The molecule has 1 aromatic carbocycles. The highest BCUT2D eigenvalue weighted by atomic mass is 79.9. The fraction of sp³-hybridized carbons (Fsp3) is 0.455. The van der Waals surface area contributed by atoms with E-state index in [1.165, 1.54) is 0 Å². The van der Waals surface area contributed by atoms with Crippen molar-refractivity contribution in [3.05, 3.63) is 33.0 Å². The maximum absolute atomic E-state index is 13.8. The van der Waals surface area contributed by atoms with Gasteiger partial charge in [-0.3, -0.25) is 0 Å². The molecule has 15 heavy (non-hydrogen) atoms. The Morgan fingerprint density at radius 2 is 2.13 bits per heavy atom. The molecule has 1 atom stereocenters. The molecular weight excluding hydrogens is 282 g/mol. The van der Waals surface area contributed by atoms with Crippen molar-refractivity contribution in [2.75, 3.05) is 0 Å². The van der Waals surface area contributed by atoms with Gasteiger partial charge in [0, 0.05) is 10.0 Å². The number of benzene rings is 1. The van der Waals surface area contributed by atoms with Gasteiger partial charge in [-0.05, 0) is 47.7 Å². The molecule has 1 saturated carbocycles. The minimum absolute atomic E-state index is 0.0356. The van der Waals surface area contributed by atoms with Crippen LogP contribution in [0, 0.1) is 11.7 Å². The Morgan fingerprint density at radius 3 is 2.67 bits per heavy atom. The quantitative estimate of drug-likeness (QED) is 0.821. The number of hydrogen-bond donors (Lipinski definition) is 1. The van der Waals surface area contributed by atoms with Gasteiger partial charge in [-0.25, -0.2) is 4.39 Å². The minimum Gasteiger partial charge on any atom is -0.385 e. The molecule has 0 aromatic heterocycles. The Labute approximate surface area is 101 Å². The number of aliphatic hydroxyl groups is 1. The van der Waals surface area contributed by atoms with E-state index in [2.05, 4.69) is 15.9 Å². The average molecular weight is 294 g/mol. The molecule has 4 heteroatoms. The van der Waals surface area contributed by atoms with Crippen LogP contribution >= 0.6 is 27.5 Å². The summed E-state index contributed by atoms with van der Waals surface area (Å²) in [7, 11) is 0. The van der Waals surface area contributed by atoms with Crippen LogP contribution in [0.25, 0.3) is 0 Å². The van der Waals surface area contributed by atoms with Crippen molar-refractivity contribution in [1.82, 2.24) is 0 Å². The molecule has 1 aliphatic carbocycles. The summed E-state index contributed by atoms with van der Waals surface area (Å²) in [6.07, 6.45) is 1.89. The standard InChI is InChI=1S/C11H11BrClFO/c1-11(15,6-2-3-6)7-4-5-8(12)9(13)10(7)14/h4-6,15H,2-3H2,1H3. The summed E-state index contributed by atoms with van der Waals surface area (Å²) < 4.78 is 14.3. The molecule has 1 N–H and O–H groups in total. The second-order valence-electron chi connectivity index (χ2n) is 4.14. The zero-order valence-electron chi connectivity index (χ0n) is 8.23. The van der Waals surface area contributed by atoms with Crippen molar-refractivity contribution in [3.8, 4) is 0 Å². The van der Waals surface area contributed by atoms with Gasteiger partial charge in [0.15, 0.2) is 0 Å². The lowest BCUT2D eigenvalue weighted by atomic mass is 9.90. The third-order valence-electron chi connectivity index (χ3n) is 2.95. The Kier molecular flexibility index (Phi) is 2.82. The fourth-order valence-corrected chi connectivity index (χ4v) is 2.25. The van der Waals surface area contributed by atoms with E-state index < -0.39 is 11.4 Å². The largest absolute Gasteiger partial charge is 0.385 e. The molecule has 1 fully saturated rings. The molecule has 0 radical (unpaired) electrons. The van der Waals surface area contributed by atoms with Crippen molar-refractivity contribution >= 4 is 27.5 Å². The second-order valence-corrected chi connectivity index (χ2v) is 5.38. The van der Waals surface area contributed by atoms with Crippen LogP contribution in [0.5, 0.6) is 0 Å². The first kappa shape index (κ1) is 11.4. The highest BCUT2D eigenvalue weighted by Crippen LogP contribution is 2.47. The van der Waals surface area contributed by atoms with E-state index in [4.69, 9.17) is 11.6 Å². The summed E-state index contributed by atoms with van der Waals surface area (Å²) in [6, 6.07) is 3.25. The third kappa shape index (κ3) is 1.93. The van der Waals surface area contributed by atoms with Gasteiger partial charge in [0.2, 0.25) is 0 Å². The molecule has 0 aliphatic heterocycles. The summed E-state index contributed by atoms with van der Waals surface area (Å²) >= 11 is 8.93. The Morgan fingerprint density at radius 1 is 1.53 bits per heavy atom. The molecule has 0 spiro atoms. The summed E-state index contributed by atoms with van der Waals surface area (Å²) in [5.41, 5.74) is -0.813. The lowest BCUT2D eigenvalue weighted by Gasteiger charge is -2.24. The third-order valence-corrected chi connectivity index (χ3v) is 4.21. The van der Waals surface area contributed by atoms with E-state index >= 15 is 0 Å². The molecule has 0 saturated heterocycles. The molecule has 82 valence electrons. The zero-order chi connectivity index (χ0) is 11.2. The van der Waals surface area contributed by atoms with Crippen LogP contribution in [-0.2, 0) is 5.60 Å². The van der Waals surface area contributed by atoms with Gasteiger partial charge < -0.3 is 5.11 Å². The molecule has 0 bridgehead atoms. The first-order chi connectivity index (χ1) is 6.94. The normalized spacial score (nSPS) is 20.1. The van der Waals surface area contributed by atoms with Gasteiger partial charge >= 0.3 is 0 Å². The average Bonchev–Trinajstić information content (AvgIpc) is 2.97. The van der Waals surface area contributed by atoms with E-state index in [1.54, 1.807) is 19.1 Å². The summed E-state index contributed by atoms with van der Waals surface area (Å²) in [5, 5.41) is 10.2. The van der Waals surface area contributed by atoms with E-state index in [-0.39, 0.29) is 10.9 Å². The van der Waals surface area contributed by atoms with Crippen molar-refractivity contribution in [3.63, 3.8) is 0 Å². The number of rotatable bonds is 2. The van der Waals surface area contributed by atoms with Crippen LogP contribution in [-0.4, -0.2) is 5.11 Å². The van der Waals surface area contributed by atoms with E-state index in [9.17, 15) is 9.50 Å². The van der Waals surface area contributed by atoms with Crippen molar-refractivity contribution in [2.24, 2.45) is 5.92 Å². The van der Waals surface area contributed by atoms with Gasteiger partial charge in [-0.1, -0.05) is 17.7 Å². The maximum Gasteiger partial charge on any atom is 0.149 e. The molecule has 1 nitrogen and oxygen atoms in total. The van der Waals surface area contributed by atoms with Crippen LogP contribution in [0.15, 0.2) is 16.6 Å². The van der Waals surface area contributed by atoms with Crippen molar-refractivity contribution < 1.29 is 9.50 Å². The van der Waals surface area contributed by atoms with E-state index in [1.807, 2.05) is 0 Å². The summed E-state index contributed by atoms with van der Waals surface area (Å²) in [6.45, 7) is 1.65. The van der Waals surface area contributed by atoms with Crippen LogP contribution < -0.4 is 0 Å². The zero-order valence-corrected chi connectivity index (χ0v) is 10.6. The second kappa shape index (κ2) is 3.72. The van der Waals surface area contributed by atoms with E-state index in [0.717, 1.165) is 12.8 Å². The lowest BCUT2D eigenvalue weighted by molar-refractivity contribution is 0.0295. The van der Waals surface area contributed by atoms with Gasteiger partial charge in [0.25, 0.3) is 0 Å². The first-order valence-electron chi connectivity index (χ1n) is 4.81. The molecule has 1 aromatic rings. The van der Waals surface area contributed by atoms with Gasteiger partial charge in [-0.15, -0.1) is 0 Å². The Bertz CT molecular complexity index is 402. The van der Waals surface area contributed by atoms with Crippen LogP contribution in [0.2, 0.25) is 5.02 Å². The maximum atomic E-state index is 13.8. The molecular formula is C11H11BrClFO. The van der Waals surface area contributed by atoms with Crippen LogP contribution in [0.1, 0.15) is 25.3 Å². The predicted molar refractivity (Wildman–Crippen MR) is 61.4 cm³/mol. The predicted octanol–water partition coefficient (Wildman–Crippen LogP) is 3.86. The molecule has 1 unspecified atom stereocenters. The number of hydrogen-bond acceptors (Lipinski definition) is 1. The van der Waals surface area contributed by atoms with Gasteiger partial charge in [0.05, 0.1) is 10.6 Å². The molecule has 2 rings (SSSR count). The van der Waals surface area contributed by atoms with Crippen LogP contribution in [0.3, 0.4) is 0 Å². The van der Waals surface area contributed by atoms with Crippen molar-refractivity contribution in [1.29, 1.82) is 0 Å². The van der Waals surface area contributed by atoms with Gasteiger partial charge in [-0.2, -0.15) is 0 Å². The Balaban J connectivity index is 2.48. The fourth-order valence-electron chi connectivity index (χ4n) is 1.78. The van der Waals surface area contributed by atoms with Crippen LogP contribution in [0.4, 0.5) is 4.39 Å². The number of halogens is 3.